The summed E-state index contributed by atoms with van der Waals surface area (Å²) in [4.78, 5) is 4.89. The highest BCUT2D eigenvalue weighted by Gasteiger charge is 2.25. The van der Waals surface area contributed by atoms with Gasteiger partial charge in [0.15, 0.2) is 5.82 Å². The fraction of sp³-hybridized carbons (Fsp3) is 0.130. The number of aromatic nitrogens is 2. The second-order valence-corrected chi connectivity index (χ2v) is 7.94. The molecule has 1 atom stereocenters. The lowest BCUT2D eigenvalue weighted by molar-refractivity contribution is 0.620. The summed E-state index contributed by atoms with van der Waals surface area (Å²) in [6.07, 6.45) is 0.779. The van der Waals surface area contributed by atoms with E-state index in [1.165, 1.54) is 5.56 Å². The van der Waals surface area contributed by atoms with Crippen molar-refractivity contribution in [2.45, 2.75) is 19.0 Å². The van der Waals surface area contributed by atoms with E-state index < -0.39 is 0 Å². The molecule has 1 N–H and O–H groups in total. The van der Waals surface area contributed by atoms with Crippen LogP contribution in [0.25, 0.3) is 11.0 Å². The molecule has 0 radical (unpaired) electrons. The molecule has 0 unspecified atom stereocenters. The Kier molecular flexibility index (Phi) is 4.74. The van der Waals surface area contributed by atoms with Crippen LogP contribution in [-0.4, -0.2) is 15.3 Å². The van der Waals surface area contributed by atoms with Crippen molar-refractivity contribution in [3.8, 4) is 0 Å². The van der Waals surface area contributed by atoms with Gasteiger partial charge in [-0.05, 0) is 35.4 Å². The fourth-order valence-electron chi connectivity index (χ4n) is 3.74. The molecule has 29 heavy (non-hydrogen) atoms. The number of benzene rings is 3. The van der Waals surface area contributed by atoms with Crippen LogP contribution in [0.5, 0.6) is 0 Å². The van der Waals surface area contributed by atoms with Crippen molar-refractivity contribution in [1.82, 2.24) is 15.0 Å². The van der Waals surface area contributed by atoms with Crippen molar-refractivity contribution in [2.75, 3.05) is 0 Å². The van der Waals surface area contributed by atoms with Gasteiger partial charge in [0, 0.05) is 16.5 Å². The minimum Gasteiger partial charge on any atom is -0.318 e. The predicted octanol–water partition coefficient (Wildman–Crippen LogP) is 5.83. The lowest BCUT2D eigenvalue weighted by Gasteiger charge is -2.12. The number of fused-ring (bicyclic) bond motifs is 1. The Morgan fingerprint density at radius 3 is 2.59 bits per heavy atom. The molecule has 6 heteroatoms. The molecule has 3 aromatic carbocycles. The zero-order chi connectivity index (χ0) is 19.8. The van der Waals surface area contributed by atoms with Gasteiger partial charge >= 0.3 is 0 Å². The van der Waals surface area contributed by atoms with Crippen LogP contribution in [0.3, 0.4) is 0 Å². The number of nitrogens with zero attached hydrogens (tertiary/aromatic N) is 3. The third-order valence-electron chi connectivity index (χ3n) is 5.21. The van der Waals surface area contributed by atoms with Gasteiger partial charge in [-0.3, -0.25) is 0 Å². The van der Waals surface area contributed by atoms with Crippen molar-refractivity contribution in [1.29, 1.82) is 0 Å². The molecule has 5 rings (SSSR count). The van der Waals surface area contributed by atoms with Gasteiger partial charge in [-0.2, -0.15) is 5.10 Å². The van der Waals surface area contributed by atoms with Crippen molar-refractivity contribution >= 4 is 39.9 Å². The number of hydrazone groups is 1. The van der Waals surface area contributed by atoms with Crippen LogP contribution in [-0.2, 0) is 6.54 Å². The lowest BCUT2D eigenvalue weighted by atomic mass is 10.0. The van der Waals surface area contributed by atoms with Crippen molar-refractivity contribution in [3.63, 3.8) is 0 Å². The summed E-state index contributed by atoms with van der Waals surface area (Å²) in [5.74, 6) is 0.864. The summed E-state index contributed by atoms with van der Waals surface area (Å²) in [5.41, 5.74) is 8.42. The first-order chi connectivity index (χ1) is 14.2. The average Bonchev–Trinajstić information content (AvgIpc) is 3.36. The van der Waals surface area contributed by atoms with Gasteiger partial charge in [0.25, 0.3) is 0 Å². The Balaban J connectivity index is 1.53. The number of nitrogens with one attached hydrogen (secondary N) is 1. The van der Waals surface area contributed by atoms with Crippen LogP contribution in [0, 0.1) is 0 Å². The van der Waals surface area contributed by atoms with Gasteiger partial charge in [0.1, 0.15) is 5.71 Å². The first-order valence-electron chi connectivity index (χ1n) is 9.45. The number of para-hydroxylation sites is 2. The van der Waals surface area contributed by atoms with Crippen LogP contribution in [0.2, 0.25) is 10.0 Å². The normalized spacial score (nSPS) is 16.1. The largest absolute Gasteiger partial charge is 0.318 e. The third kappa shape index (κ3) is 3.50. The zero-order valence-corrected chi connectivity index (χ0v) is 17.0. The van der Waals surface area contributed by atoms with Crippen LogP contribution in [0.4, 0.5) is 0 Å². The van der Waals surface area contributed by atoms with Gasteiger partial charge in [-0.15, -0.1) is 0 Å². The van der Waals surface area contributed by atoms with E-state index in [9.17, 15) is 0 Å². The average molecular weight is 421 g/mol. The van der Waals surface area contributed by atoms with Gasteiger partial charge in [0.2, 0.25) is 0 Å². The van der Waals surface area contributed by atoms with Crippen LogP contribution >= 0.6 is 23.2 Å². The Hall–Kier alpha value is -2.82. The number of halogens is 2. The van der Waals surface area contributed by atoms with E-state index in [-0.39, 0.29) is 6.04 Å². The Labute approximate surface area is 178 Å². The smallest absolute Gasteiger partial charge is 0.157 e. The number of hydrogen-bond donors (Lipinski definition) is 1. The number of rotatable bonds is 4. The first-order valence-corrected chi connectivity index (χ1v) is 10.2. The molecular formula is C23H18Cl2N4. The molecule has 2 heterocycles. The molecule has 1 aromatic heterocycles. The maximum absolute atomic E-state index is 6.45. The predicted molar refractivity (Wildman–Crippen MR) is 119 cm³/mol. The minimum absolute atomic E-state index is 0.151. The Bertz CT molecular complexity index is 1210. The maximum Gasteiger partial charge on any atom is 0.157 e. The van der Waals surface area contributed by atoms with E-state index in [2.05, 4.69) is 33.3 Å². The monoisotopic (exact) mass is 420 g/mol. The summed E-state index contributed by atoms with van der Waals surface area (Å²) in [7, 11) is 0. The Morgan fingerprint density at radius 1 is 0.966 bits per heavy atom. The second kappa shape index (κ2) is 7.54. The summed E-state index contributed by atoms with van der Waals surface area (Å²) in [6.45, 7) is 0.598. The third-order valence-corrected chi connectivity index (χ3v) is 5.80. The van der Waals surface area contributed by atoms with Crippen LogP contribution in [0.1, 0.15) is 29.4 Å². The van der Waals surface area contributed by atoms with Gasteiger partial charge in [-0.1, -0.05) is 71.7 Å². The second-order valence-electron chi connectivity index (χ2n) is 7.10. The van der Waals surface area contributed by atoms with E-state index in [1.54, 1.807) is 6.07 Å². The summed E-state index contributed by atoms with van der Waals surface area (Å²) < 4.78 is 2.18. The molecule has 0 amide bonds. The summed E-state index contributed by atoms with van der Waals surface area (Å²) in [5, 5.41) is 5.90. The molecule has 144 valence electrons. The molecule has 4 aromatic rings. The van der Waals surface area contributed by atoms with Crippen LogP contribution in [0.15, 0.2) is 77.9 Å². The van der Waals surface area contributed by atoms with E-state index in [1.807, 2.05) is 48.5 Å². The Morgan fingerprint density at radius 2 is 1.76 bits per heavy atom. The molecule has 0 saturated heterocycles. The molecule has 0 aliphatic carbocycles. The molecule has 1 aliphatic rings. The maximum atomic E-state index is 6.45. The standard InChI is InChI=1S/C23H18Cl2N4/c24-17-11-10-16(18(25)12-17)14-29-22-9-5-4-8-19(22)26-23(29)21-13-20(27-28-21)15-6-2-1-3-7-15/h1-12,20,27H,13-14H2/t20-/m0/s1. The highest BCUT2D eigenvalue weighted by Crippen LogP contribution is 2.28. The molecule has 4 nitrogen and oxygen atoms in total. The highest BCUT2D eigenvalue weighted by molar-refractivity contribution is 6.35. The fourth-order valence-corrected chi connectivity index (χ4v) is 4.20. The van der Waals surface area contributed by atoms with Crippen molar-refractivity contribution in [2.24, 2.45) is 5.10 Å². The van der Waals surface area contributed by atoms with E-state index in [0.717, 1.165) is 34.6 Å². The van der Waals surface area contributed by atoms with Gasteiger partial charge in [-0.25, -0.2) is 4.98 Å². The molecule has 1 aliphatic heterocycles. The molecule has 0 fully saturated rings. The van der Waals surface area contributed by atoms with Gasteiger partial charge < -0.3 is 9.99 Å². The van der Waals surface area contributed by atoms with E-state index in [0.29, 0.717) is 16.6 Å². The molecule has 0 saturated carbocycles. The molecular weight excluding hydrogens is 403 g/mol. The van der Waals surface area contributed by atoms with Crippen LogP contribution < -0.4 is 5.43 Å². The molecule has 0 bridgehead atoms. The zero-order valence-electron chi connectivity index (χ0n) is 15.5. The topological polar surface area (TPSA) is 42.2 Å². The highest BCUT2D eigenvalue weighted by atomic mass is 35.5. The SMILES string of the molecule is Clc1ccc(Cn2c(C3=NN[C@H](c4ccccc4)C3)nc3ccccc32)c(Cl)c1. The lowest BCUT2D eigenvalue weighted by Crippen LogP contribution is -2.12. The molecule has 0 spiro atoms. The number of imidazole rings is 1. The van der Waals surface area contributed by atoms with E-state index >= 15 is 0 Å². The number of hydrogen-bond acceptors (Lipinski definition) is 3. The summed E-state index contributed by atoms with van der Waals surface area (Å²) >= 11 is 12.5. The van der Waals surface area contributed by atoms with E-state index in [4.69, 9.17) is 28.2 Å². The summed E-state index contributed by atoms with van der Waals surface area (Å²) in [6, 6.07) is 24.2. The van der Waals surface area contributed by atoms with Crippen molar-refractivity contribution < 1.29 is 0 Å². The van der Waals surface area contributed by atoms with Gasteiger partial charge in [0.05, 0.1) is 23.6 Å². The quantitative estimate of drug-likeness (QED) is 0.451. The van der Waals surface area contributed by atoms with Crippen molar-refractivity contribution in [3.05, 3.63) is 99.8 Å². The minimum atomic E-state index is 0.151. The first kappa shape index (κ1) is 18.2.